The summed E-state index contributed by atoms with van der Waals surface area (Å²) in [6.45, 7) is 3.63. The van der Waals surface area contributed by atoms with Crippen LogP contribution in [-0.4, -0.2) is 13.4 Å². The Morgan fingerprint density at radius 1 is 1.29 bits per heavy atom. The fourth-order valence-corrected chi connectivity index (χ4v) is 5.29. The highest BCUT2D eigenvalue weighted by Gasteiger charge is 2.20. The molecule has 1 aromatic carbocycles. The van der Waals surface area contributed by atoms with E-state index >= 15 is 0 Å². The smallest absolute Gasteiger partial charge is 0.261 e. The van der Waals surface area contributed by atoms with E-state index in [0.29, 0.717) is 27.2 Å². The Kier molecular flexibility index (Phi) is 4.50. The Bertz CT molecular complexity index is 1100. The van der Waals surface area contributed by atoms with Crippen LogP contribution in [0.4, 0.5) is 5.69 Å². The molecule has 0 saturated heterocycles. The van der Waals surface area contributed by atoms with E-state index in [4.69, 9.17) is 0 Å². The Hall–Kier alpha value is -1.70. The molecule has 0 unspecified atom stereocenters. The van der Waals surface area contributed by atoms with Gasteiger partial charge < -0.3 is 0 Å². The van der Waals surface area contributed by atoms with Gasteiger partial charge >= 0.3 is 0 Å². The van der Waals surface area contributed by atoms with E-state index in [-0.39, 0.29) is 4.90 Å². The Balaban J connectivity index is 2.18. The summed E-state index contributed by atoms with van der Waals surface area (Å²) < 4.78 is 28.8. The molecule has 3 rings (SSSR count). The summed E-state index contributed by atoms with van der Waals surface area (Å²) in [5.41, 5.74) is 1.54. The lowest BCUT2D eigenvalue weighted by Gasteiger charge is -2.10. The second kappa shape index (κ2) is 6.31. The molecule has 122 valence electrons. The minimum absolute atomic E-state index is 0.183. The fraction of sp³-hybridized carbons (Fsp3) is 0.125. The number of hydrogen-bond acceptors (Lipinski definition) is 5. The van der Waals surface area contributed by atoms with Crippen LogP contribution >= 0.6 is 33.9 Å². The Morgan fingerprint density at radius 2 is 2.04 bits per heavy atom. The van der Waals surface area contributed by atoms with Gasteiger partial charge in [0.15, 0.2) is 0 Å². The summed E-state index contributed by atoms with van der Waals surface area (Å²) >= 11 is 3.45. The van der Waals surface area contributed by atoms with Crippen LogP contribution in [0.25, 0.3) is 10.2 Å². The van der Waals surface area contributed by atoms with Gasteiger partial charge in [-0.15, -0.1) is 11.3 Å². The van der Waals surface area contributed by atoms with Crippen LogP contribution in [0, 0.1) is 28.7 Å². The summed E-state index contributed by atoms with van der Waals surface area (Å²) in [4.78, 5) is 6.07. The first-order valence-corrected chi connectivity index (χ1v) is 10.3. The third-order valence-electron chi connectivity index (χ3n) is 3.43. The molecule has 0 aliphatic carbocycles. The minimum atomic E-state index is -3.75. The zero-order valence-electron chi connectivity index (χ0n) is 12.8. The number of benzene rings is 1. The number of nitriles is 1. The number of rotatable bonds is 3. The predicted molar refractivity (Wildman–Crippen MR) is 104 cm³/mol. The van der Waals surface area contributed by atoms with Crippen molar-refractivity contribution in [3.63, 3.8) is 0 Å². The predicted octanol–water partition coefficient (Wildman–Crippen LogP) is 4.19. The van der Waals surface area contributed by atoms with E-state index in [0.717, 1.165) is 8.45 Å². The highest BCUT2D eigenvalue weighted by atomic mass is 127. The van der Waals surface area contributed by atoms with E-state index in [1.807, 2.05) is 13.0 Å². The average Bonchev–Trinajstić information content (AvgIpc) is 2.82. The lowest BCUT2D eigenvalue weighted by molar-refractivity contribution is 0.601. The van der Waals surface area contributed by atoms with Crippen LogP contribution in [0.3, 0.4) is 0 Å². The van der Waals surface area contributed by atoms with Gasteiger partial charge in [0.1, 0.15) is 10.9 Å². The van der Waals surface area contributed by atoms with Gasteiger partial charge in [0, 0.05) is 14.1 Å². The number of thiophene rings is 1. The van der Waals surface area contributed by atoms with E-state index < -0.39 is 10.0 Å². The number of aryl methyl sites for hydroxylation is 2. The van der Waals surface area contributed by atoms with Crippen LogP contribution in [-0.2, 0) is 10.0 Å². The quantitative estimate of drug-likeness (QED) is 0.584. The summed E-state index contributed by atoms with van der Waals surface area (Å²) in [5, 5.41) is 9.96. The van der Waals surface area contributed by atoms with Crippen LogP contribution in [0.1, 0.15) is 16.1 Å². The summed E-state index contributed by atoms with van der Waals surface area (Å²) in [6.07, 6.45) is 0. The van der Waals surface area contributed by atoms with Gasteiger partial charge in [-0.05, 0) is 60.7 Å². The molecule has 5 nitrogen and oxygen atoms in total. The van der Waals surface area contributed by atoms with Crippen LogP contribution in [0.2, 0.25) is 0 Å². The summed E-state index contributed by atoms with van der Waals surface area (Å²) in [6, 6.07) is 10.5. The van der Waals surface area contributed by atoms with Crippen LogP contribution in [0.15, 0.2) is 35.2 Å². The van der Waals surface area contributed by atoms with Crippen LogP contribution in [0.5, 0.6) is 0 Å². The number of anilines is 1. The van der Waals surface area contributed by atoms with Crippen molar-refractivity contribution in [3.8, 4) is 6.07 Å². The second-order valence-electron chi connectivity index (χ2n) is 5.20. The van der Waals surface area contributed by atoms with Crippen molar-refractivity contribution >= 4 is 59.9 Å². The van der Waals surface area contributed by atoms with Crippen molar-refractivity contribution in [1.29, 1.82) is 5.26 Å². The maximum absolute atomic E-state index is 12.7. The first-order valence-electron chi connectivity index (χ1n) is 6.91. The largest absolute Gasteiger partial charge is 0.279 e. The number of nitrogens with zero attached hydrogens (tertiary/aromatic N) is 2. The molecule has 1 N–H and O–H groups in total. The highest BCUT2D eigenvalue weighted by Crippen LogP contribution is 2.35. The number of pyridine rings is 1. The van der Waals surface area contributed by atoms with Crippen molar-refractivity contribution in [2.75, 3.05) is 4.72 Å². The maximum Gasteiger partial charge on any atom is 0.261 e. The summed E-state index contributed by atoms with van der Waals surface area (Å²) in [5.74, 6) is 0. The number of nitrogens with one attached hydrogen (secondary N) is 1. The van der Waals surface area contributed by atoms with Gasteiger partial charge in [0.2, 0.25) is 0 Å². The average molecular weight is 469 g/mol. The number of aromatic nitrogens is 1. The molecule has 0 aliphatic heterocycles. The second-order valence-corrected chi connectivity index (χ2v) is 9.33. The molecule has 2 heterocycles. The van der Waals surface area contributed by atoms with Crippen molar-refractivity contribution in [2.24, 2.45) is 0 Å². The van der Waals surface area contributed by atoms with Gasteiger partial charge in [-0.25, -0.2) is 13.4 Å². The van der Waals surface area contributed by atoms with E-state index in [1.165, 1.54) is 11.3 Å². The monoisotopic (exact) mass is 469 g/mol. The molecule has 3 aromatic rings. The molecule has 0 spiro atoms. The van der Waals surface area contributed by atoms with E-state index in [2.05, 4.69) is 38.4 Å². The lowest BCUT2D eigenvalue weighted by Crippen LogP contribution is -2.13. The number of sulfonamides is 1. The SMILES string of the molecule is Cc1cc(NS(=O)(=O)c2cccc(I)c2)c2c(C#N)c(C)sc2n1. The molecule has 0 saturated carbocycles. The van der Waals surface area contributed by atoms with Gasteiger partial charge in [-0.2, -0.15) is 5.26 Å². The van der Waals surface area contributed by atoms with E-state index in [1.54, 1.807) is 31.2 Å². The molecule has 8 heteroatoms. The molecular formula is C16H12IN3O2S2. The van der Waals surface area contributed by atoms with Crippen molar-refractivity contribution < 1.29 is 8.42 Å². The fourth-order valence-electron chi connectivity index (χ4n) is 2.39. The zero-order chi connectivity index (χ0) is 17.5. The normalized spacial score (nSPS) is 11.4. The number of fused-ring (bicyclic) bond motifs is 1. The minimum Gasteiger partial charge on any atom is -0.279 e. The molecule has 0 atom stereocenters. The molecule has 0 amide bonds. The zero-order valence-corrected chi connectivity index (χ0v) is 16.6. The Labute approximate surface area is 157 Å². The number of hydrogen-bond donors (Lipinski definition) is 1. The van der Waals surface area contributed by atoms with Gasteiger partial charge in [-0.3, -0.25) is 4.72 Å². The molecule has 0 fully saturated rings. The van der Waals surface area contributed by atoms with Crippen LogP contribution < -0.4 is 4.72 Å². The third kappa shape index (κ3) is 3.11. The highest BCUT2D eigenvalue weighted by molar-refractivity contribution is 14.1. The molecular weight excluding hydrogens is 457 g/mol. The molecule has 0 aliphatic rings. The topological polar surface area (TPSA) is 82.9 Å². The first-order chi connectivity index (χ1) is 11.3. The maximum atomic E-state index is 12.7. The van der Waals surface area contributed by atoms with Gasteiger partial charge in [0.05, 0.1) is 21.5 Å². The van der Waals surface area contributed by atoms with Crippen molar-refractivity contribution in [3.05, 3.63) is 50.0 Å². The summed E-state index contributed by atoms with van der Waals surface area (Å²) in [7, 11) is -3.75. The molecule has 2 aromatic heterocycles. The molecule has 0 bridgehead atoms. The molecule has 24 heavy (non-hydrogen) atoms. The van der Waals surface area contributed by atoms with Gasteiger partial charge in [0.25, 0.3) is 10.0 Å². The van der Waals surface area contributed by atoms with E-state index in [9.17, 15) is 13.7 Å². The Morgan fingerprint density at radius 3 is 2.71 bits per heavy atom. The van der Waals surface area contributed by atoms with Crippen molar-refractivity contribution in [1.82, 2.24) is 4.98 Å². The van der Waals surface area contributed by atoms with Crippen molar-refractivity contribution in [2.45, 2.75) is 18.7 Å². The first kappa shape index (κ1) is 17.1. The third-order valence-corrected chi connectivity index (χ3v) is 6.46. The lowest BCUT2D eigenvalue weighted by atomic mass is 10.1. The molecule has 0 radical (unpaired) electrons. The van der Waals surface area contributed by atoms with Gasteiger partial charge in [-0.1, -0.05) is 6.07 Å². The number of halogens is 1. The standard InChI is InChI=1S/C16H12IN3O2S2/c1-9-6-14(15-13(8-18)10(2)23-16(15)19-9)20-24(21,22)12-5-3-4-11(17)7-12/h3-7H,1-2H3,(H,19,20).